The summed E-state index contributed by atoms with van der Waals surface area (Å²) in [4.78, 5) is 0.506. The molecular formula is C12H21BrO2. The van der Waals surface area contributed by atoms with Gasteiger partial charge in [-0.05, 0) is 32.1 Å². The second-order valence-corrected chi connectivity index (χ2v) is 5.87. The van der Waals surface area contributed by atoms with E-state index in [-0.39, 0.29) is 6.10 Å². The van der Waals surface area contributed by atoms with Crippen LogP contribution in [0.1, 0.15) is 39.0 Å². The van der Waals surface area contributed by atoms with Crippen molar-refractivity contribution in [1.29, 1.82) is 0 Å². The normalized spacial score (nSPS) is 36.8. The van der Waals surface area contributed by atoms with Crippen molar-refractivity contribution in [1.82, 2.24) is 0 Å². The van der Waals surface area contributed by atoms with Gasteiger partial charge in [0.1, 0.15) is 0 Å². The quantitative estimate of drug-likeness (QED) is 0.719. The molecule has 0 amide bonds. The predicted octanol–water partition coefficient (Wildman–Crippen LogP) is 3.13. The van der Waals surface area contributed by atoms with E-state index in [1.165, 1.54) is 25.7 Å². The van der Waals surface area contributed by atoms with Crippen LogP contribution >= 0.6 is 15.9 Å². The Morgan fingerprint density at radius 1 is 1.20 bits per heavy atom. The van der Waals surface area contributed by atoms with Gasteiger partial charge in [-0.3, -0.25) is 0 Å². The number of hydrogen-bond acceptors (Lipinski definition) is 2. The van der Waals surface area contributed by atoms with Crippen molar-refractivity contribution in [2.24, 2.45) is 5.92 Å². The topological polar surface area (TPSA) is 18.5 Å². The Morgan fingerprint density at radius 2 is 1.93 bits per heavy atom. The molecule has 2 aliphatic rings. The van der Waals surface area contributed by atoms with Crippen LogP contribution in [0.2, 0.25) is 0 Å². The zero-order valence-corrected chi connectivity index (χ0v) is 11.0. The van der Waals surface area contributed by atoms with E-state index in [0.717, 1.165) is 25.6 Å². The maximum absolute atomic E-state index is 5.94. The molecule has 0 bridgehead atoms. The number of halogens is 1. The largest absolute Gasteiger partial charge is 0.375 e. The minimum Gasteiger partial charge on any atom is -0.375 e. The van der Waals surface area contributed by atoms with E-state index in [0.29, 0.717) is 10.9 Å². The molecule has 0 heterocycles. The molecule has 3 heteroatoms. The zero-order chi connectivity index (χ0) is 10.7. The number of rotatable bonds is 5. The minimum atomic E-state index is 0.288. The highest BCUT2D eigenvalue weighted by atomic mass is 79.9. The Morgan fingerprint density at radius 3 is 2.53 bits per heavy atom. The molecule has 0 aromatic heterocycles. The van der Waals surface area contributed by atoms with Gasteiger partial charge in [0, 0.05) is 18.0 Å². The minimum absolute atomic E-state index is 0.288. The Bertz CT molecular complexity index is 192. The summed E-state index contributed by atoms with van der Waals surface area (Å²) in [7, 11) is 0. The summed E-state index contributed by atoms with van der Waals surface area (Å²) in [5.41, 5.74) is 0. The van der Waals surface area contributed by atoms with E-state index >= 15 is 0 Å². The van der Waals surface area contributed by atoms with Gasteiger partial charge >= 0.3 is 0 Å². The summed E-state index contributed by atoms with van der Waals surface area (Å²) in [5, 5.41) is 0. The van der Waals surface area contributed by atoms with Gasteiger partial charge in [-0.15, -0.1) is 0 Å². The van der Waals surface area contributed by atoms with Crippen molar-refractivity contribution in [2.45, 2.75) is 56.1 Å². The number of hydrogen-bond donors (Lipinski definition) is 0. The lowest BCUT2D eigenvalue weighted by molar-refractivity contribution is -0.124. The summed E-state index contributed by atoms with van der Waals surface area (Å²) in [5.74, 6) is 0.821. The standard InChI is InChI=1S/C12H21BrO2/c1-2-14-12-10(13)7-11(12)15-8-9-5-3-4-6-9/h9-12H,2-8H2,1H3. The molecule has 2 rings (SSSR count). The molecule has 88 valence electrons. The van der Waals surface area contributed by atoms with Gasteiger partial charge in [0.15, 0.2) is 0 Å². The lowest BCUT2D eigenvalue weighted by Crippen LogP contribution is -2.51. The Balaban J connectivity index is 1.66. The second kappa shape index (κ2) is 5.65. The number of alkyl halides is 1. The van der Waals surface area contributed by atoms with Crippen molar-refractivity contribution >= 4 is 15.9 Å². The smallest absolute Gasteiger partial charge is 0.0962 e. The van der Waals surface area contributed by atoms with Gasteiger partial charge in [-0.25, -0.2) is 0 Å². The maximum atomic E-state index is 5.94. The van der Waals surface area contributed by atoms with Crippen LogP contribution in [0.3, 0.4) is 0 Å². The van der Waals surface area contributed by atoms with Crippen molar-refractivity contribution in [3.63, 3.8) is 0 Å². The number of ether oxygens (including phenoxy) is 2. The van der Waals surface area contributed by atoms with E-state index < -0.39 is 0 Å². The van der Waals surface area contributed by atoms with Crippen LogP contribution in [0.25, 0.3) is 0 Å². The molecule has 0 radical (unpaired) electrons. The zero-order valence-electron chi connectivity index (χ0n) is 9.45. The van der Waals surface area contributed by atoms with Crippen molar-refractivity contribution < 1.29 is 9.47 Å². The third kappa shape index (κ3) is 2.95. The lowest BCUT2D eigenvalue weighted by Gasteiger charge is -2.41. The van der Waals surface area contributed by atoms with Crippen LogP contribution in [0.15, 0.2) is 0 Å². The highest BCUT2D eigenvalue weighted by molar-refractivity contribution is 9.09. The first-order valence-corrected chi connectivity index (χ1v) is 7.10. The van der Waals surface area contributed by atoms with Crippen molar-refractivity contribution in [2.75, 3.05) is 13.2 Å². The molecule has 3 unspecified atom stereocenters. The van der Waals surface area contributed by atoms with Crippen LogP contribution in [-0.4, -0.2) is 30.2 Å². The molecule has 2 nitrogen and oxygen atoms in total. The first-order chi connectivity index (χ1) is 7.31. The van der Waals surface area contributed by atoms with Crippen LogP contribution in [0.5, 0.6) is 0 Å². The SMILES string of the molecule is CCOC1C(Br)CC1OCC1CCCC1. The average Bonchev–Trinajstić information content (AvgIpc) is 2.73. The fourth-order valence-electron chi connectivity index (χ4n) is 2.53. The molecule has 0 N–H and O–H groups in total. The van der Waals surface area contributed by atoms with Crippen LogP contribution in [0.4, 0.5) is 0 Å². The molecule has 2 saturated carbocycles. The van der Waals surface area contributed by atoms with Gasteiger partial charge in [0.2, 0.25) is 0 Å². The van der Waals surface area contributed by atoms with Gasteiger partial charge < -0.3 is 9.47 Å². The molecule has 0 saturated heterocycles. The van der Waals surface area contributed by atoms with Crippen LogP contribution < -0.4 is 0 Å². The van der Waals surface area contributed by atoms with E-state index in [4.69, 9.17) is 9.47 Å². The summed E-state index contributed by atoms with van der Waals surface area (Å²) >= 11 is 3.62. The molecule has 0 aromatic rings. The fourth-order valence-corrected chi connectivity index (χ4v) is 3.39. The van der Waals surface area contributed by atoms with Crippen molar-refractivity contribution in [3.05, 3.63) is 0 Å². The third-order valence-corrected chi connectivity index (χ3v) is 4.46. The summed E-state index contributed by atoms with van der Waals surface area (Å²) < 4.78 is 11.6. The van der Waals surface area contributed by atoms with Crippen LogP contribution in [-0.2, 0) is 9.47 Å². The Labute approximate surface area is 101 Å². The van der Waals surface area contributed by atoms with Gasteiger partial charge in [-0.2, -0.15) is 0 Å². The average molecular weight is 277 g/mol. The van der Waals surface area contributed by atoms with E-state index in [1.54, 1.807) is 0 Å². The molecule has 0 spiro atoms. The maximum Gasteiger partial charge on any atom is 0.0962 e. The lowest BCUT2D eigenvalue weighted by atomic mass is 9.91. The Kier molecular flexibility index (Phi) is 4.47. The van der Waals surface area contributed by atoms with E-state index in [9.17, 15) is 0 Å². The molecular weight excluding hydrogens is 256 g/mol. The molecule has 2 fully saturated rings. The first kappa shape index (κ1) is 11.9. The molecule has 3 atom stereocenters. The van der Waals surface area contributed by atoms with E-state index in [1.807, 2.05) is 6.92 Å². The van der Waals surface area contributed by atoms with Gasteiger partial charge in [0.25, 0.3) is 0 Å². The highest BCUT2D eigenvalue weighted by Gasteiger charge is 2.41. The van der Waals surface area contributed by atoms with Gasteiger partial charge in [0.05, 0.1) is 12.2 Å². The summed E-state index contributed by atoms with van der Waals surface area (Å²) in [6.07, 6.45) is 7.26. The predicted molar refractivity (Wildman–Crippen MR) is 64.4 cm³/mol. The first-order valence-electron chi connectivity index (χ1n) is 6.18. The molecule has 2 aliphatic carbocycles. The fraction of sp³-hybridized carbons (Fsp3) is 1.00. The van der Waals surface area contributed by atoms with Crippen molar-refractivity contribution in [3.8, 4) is 0 Å². The Hall–Kier alpha value is 0.400. The van der Waals surface area contributed by atoms with Crippen LogP contribution in [0, 0.1) is 5.92 Å². The summed E-state index contributed by atoms with van der Waals surface area (Å²) in [6.45, 7) is 3.79. The molecule has 15 heavy (non-hydrogen) atoms. The monoisotopic (exact) mass is 276 g/mol. The molecule has 0 aliphatic heterocycles. The highest BCUT2D eigenvalue weighted by Crippen LogP contribution is 2.34. The van der Waals surface area contributed by atoms with E-state index in [2.05, 4.69) is 15.9 Å². The summed E-state index contributed by atoms with van der Waals surface area (Å²) in [6, 6.07) is 0. The van der Waals surface area contributed by atoms with Gasteiger partial charge in [-0.1, -0.05) is 28.8 Å². The third-order valence-electron chi connectivity index (χ3n) is 3.56. The second-order valence-electron chi connectivity index (χ2n) is 4.69. The molecule has 0 aromatic carbocycles.